The topological polar surface area (TPSA) is 68.2 Å². The van der Waals surface area contributed by atoms with Gasteiger partial charge < -0.3 is 10.3 Å². The molecule has 2 rings (SSSR count). The van der Waals surface area contributed by atoms with Gasteiger partial charge in [0.1, 0.15) is 0 Å². The third-order valence-electron chi connectivity index (χ3n) is 3.61. The van der Waals surface area contributed by atoms with Crippen LogP contribution in [0.3, 0.4) is 0 Å². The molecule has 5 heteroatoms. The molecular weight excluding hydrogens is 216 g/mol. The molecule has 1 saturated heterocycles. The predicted octanol–water partition coefficient (Wildman–Crippen LogP) is 1.33. The highest BCUT2D eigenvalue weighted by Gasteiger charge is 2.28. The lowest BCUT2D eigenvalue weighted by Gasteiger charge is -2.39. The van der Waals surface area contributed by atoms with Gasteiger partial charge in [0.05, 0.1) is 6.54 Å². The van der Waals surface area contributed by atoms with E-state index in [-0.39, 0.29) is 0 Å². The van der Waals surface area contributed by atoms with Crippen LogP contribution in [0.4, 0.5) is 0 Å². The van der Waals surface area contributed by atoms with Gasteiger partial charge in [-0.3, -0.25) is 4.90 Å². The average Bonchev–Trinajstić information content (AvgIpc) is 2.79. The summed E-state index contributed by atoms with van der Waals surface area (Å²) in [6.45, 7) is 5.72. The number of rotatable bonds is 4. The second-order valence-corrected chi connectivity index (χ2v) is 4.80. The van der Waals surface area contributed by atoms with Gasteiger partial charge in [0.15, 0.2) is 5.82 Å². The zero-order valence-electron chi connectivity index (χ0n) is 10.7. The summed E-state index contributed by atoms with van der Waals surface area (Å²) in [6, 6.07) is 1.00. The van der Waals surface area contributed by atoms with E-state index in [2.05, 4.69) is 22.0 Å². The lowest BCUT2D eigenvalue weighted by atomic mass is 9.96. The molecule has 2 heterocycles. The van der Waals surface area contributed by atoms with Crippen LogP contribution < -0.4 is 5.73 Å². The van der Waals surface area contributed by atoms with Gasteiger partial charge in [0, 0.05) is 25.0 Å². The summed E-state index contributed by atoms with van der Waals surface area (Å²) in [5.41, 5.74) is 5.83. The number of nitrogens with zero attached hydrogens (tertiary/aromatic N) is 3. The zero-order valence-corrected chi connectivity index (χ0v) is 10.7. The van der Waals surface area contributed by atoms with Crippen molar-refractivity contribution in [3.05, 3.63) is 11.7 Å². The number of aryl methyl sites for hydroxylation is 1. The Bertz CT molecular complexity index is 352. The Hall–Kier alpha value is -0.940. The minimum absolute atomic E-state index is 0.454. The van der Waals surface area contributed by atoms with Crippen molar-refractivity contribution >= 4 is 0 Å². The first-order chi connectivity index (χ1) is 8.24. The normalized spacial score (nSPS) is 26.3. The van der Waals surface area contributed by atoms with Crippen LogP contribution in [0.1, 0.15) is 44.8 Å². The SMILES string of the molecule is CCc1noc(CN2C(C)CCCC2CN)n1. The summed E-state index contributed by atoms with van der Waals surface area (Å²) in [5, 5.41) is 3.93. The van der Waals surface area contributed by atoms with E-state index >= 15 is 0 Å². The quantitative estimate of drug-likeness (QED) is 0.857. The number of nitrogens with two attached hydrogens (primary N) is 1. The molecule has 0 aromatic carbocycles. The van der Waals surface area contributed by atoms with Gasteiger partial charge in [0.25, 0.3) is 0 Å². The van der Waals surface area contributed by atoms with Gasteiger partial charge in [-0.15, -0.1) is 0 Å². The molecule has 96 valence electrons. The number of aromatic nitrogens is 2. The summed E-state index contributed by atoms with van der Waals surface area (Å²) in [7, 11) is 0. The summed E-state index contributed by atoms with van der Waals surface area (Å²) >= 11 is 0. The van der Waals surface area contributed by atoms with Crippen LogP contribution in [0.25, 0.3) is 0 Å². The van der Waals surface area contributed by atoms with Gasteiger partial charge in [0.2, 0.25) is 5.89 Å². The molecule has 0 saturated carbocycles. The first-order valence-electron chi connectivity index (χ1n) is 6.51. The van der Waals surface area contributed by atoms with Crippen molar-refractivity contribution in [3.8, 4) is 0 Å². The van der Waals surface area contributed by atoms with Crippen LogP contribution in [0, 0.1) is 0 Å². The first kappa shape index (κ1) is 12.5. The highest BCUT2D eigenvalue weighted by Crippen LogP contribution is 2.23. The van der Waals surface area contributed by atoms with Crippen molar-refractivity contribution in [2.24, 2.45) is 5.73 Å². The molecule has 5 nitrogen and oxygen atoms in total. The van der Waals surface area contributed by atoms with Crippen LogP contribution in [-0.2, 0) is 13.0 Å². The molecule has 1 aliphatic heterocycles. The monoisotopic (exact) mass is 238 g/mol. The minimum Gasteiger partial charge on any atom is -0.338 e. The van der Waals surface area contributed by atoms with Crippen molar-refractivity contribution in [3.63, 3.8) is 0 Å². The summed E-state index contributed by atoms with van der Waals surface area (Å²) in [4.78, 5) is 6.77. The highest BCUT2D eigenvalue weighted by atomic mass is 16.5. The Morgan fingerprint density at radius 2 is 2.29 bits per heavy atom. The minimum atomic E-state index is 0.454. The van der Waals surface area contributed by atoms with E-state index in [9.17, 15) is 0 Å². The van der Waals surface area contributed by atoms with Crippen LogP contribution in [0.2, 0.25) is 0 Å². The maximum Gasteiger partial charge on any atom is 0.240 e. The van der Waals surface area contributed by atoms with Crippen LogP contribution >= 0.6 is 0 Å². The molecule has 0 bridgehead atoms. The molecule has 0 amide bonds. The Morgan fingerprint density at radius 3 is 2.94 bits per heavy atom. The fourth-order valence-electron chi connectivity index (χ4n) is 2.53. The maximum atomic E-state index is 5.83. The van der Waals surface area contributed by atoms with Crippen molar-refractivity contribution in [1.82, 2.24) is 15.0 Å². The first-order valence-corrected chi connectivity index (χ1v) is 6.51. The van der Waals surface area contributed by atoms with Crippen LogP contribution in [-0.4, -0.2) is 33.7 Å². The van der Waals surface area contributed by atoms with Crippen molar-refractivity contribution in [1.29, 1.82) is 0 Å². The van der Waals surface area contributed by atoms with E-state index in [0.717, 1.165) is 18.8 Å². The third-order valence-corrected chi connectivity index (χ3v) is 3.61. The summed E-state index contributed by atoms with van der Waals surface area (Å²) < 4.78 is 5.26. The largest absolute Gasteiger partial charge is 0.338 e. The van der Waals surface area contributed by atoms with Crippen molar-refractivity contribution in [2.75, 3.05) is 6.54 Å². The summed E-state index contributed by atoms with van der Waals surface area (Å²) in [5.74, 6) is 1.50. The number of likely N-dealkylation sites (tertiary alicyclic amines) is 1. The van der Waals surface area contributed by atoms with E-state index < -0.39 is 0 Å². The molecule has 0 spiro atoms. The van der Waals surface area contributed by atoms with E-state index in [1.807, 2.05) is 6.92 Å². The zero-order chi connectivity index (χ0) is 12.3. The Balaban J connectivity index is 2.03. The molecule has 2 atom stereocenters. The Morgan fingerprint density at radius 1 is 1.47 bits per heavy atom. The highest BCUT2D eigenvalue weighted by molar-refractivity contribution is 4.90. The maximum absolute atomic E-state index is 5.83. The van der Waals surface area contributed by atoms with Gasteiger partial charge in [-0.25, -0.2) is 0 Å². The van der Waals surface area contributed by atoms with E-state index in [0.29, 0.717) is 24.5 Å². The molecule has 1 aromatic rings. The Kier molecular flexibility index (Phi) is 4.12. The fraction of sp³-hybridized carbons (Fsp3) is 0.833. The molecular formula is C12H22N4O. The standard InChI is InChI=1S/C12H22N4O/c1-3-11-14-12(17-15-11)8-16-9(2)5-4-6-10(16)7-13/h9-10H,3-8,13H2,1-2H3. The van der Waals surface area contributed by atoms with Crippen LogP contribution in [0.5, 0.6) is 0 Å². The second-order valence-electron chi connectivity index (χ2n) is 4.80. The van der Waals surface area contributed by atoms with Gasteiger partial charge >= 0.3 is 0 Å². The molecule has 1 fully saturated rings. The van der Waals surface area contributed by atoms with Gasteiger partial charge in [-0.05, 0) is 19.8 Å². The fourth-order valence-corrected chi connectivity index (χ4v) is 2.53. The smallest absolute Gasteiger partial charge is 0.240 e. The molecule has 17 heavy (non-hydrogen) atoms. The molecule has 2 unspecified atom stereocenters. The number of hydrogen-bond donors (Lipinski definition) is 1. The average molecular weight is 238 g/mol. The lowest BCUT2D eigenvalue weighted by molar-refractivity contribution is 0.0770. The van der Waals surface area contributed by atoms with E-state index in [1.54, 1.807) is 0 Å². The van der Waals surface area contributed by atoms with Gasteiger partial charge in [-0.2, -0.15) is 4.98 Å². The van der Waals surface area contributed by atoms with E-state index in [1.165, 1.54) is 19.3 Å². The van der Waals surface area contributed by atoms with E-state index in [4.69, 9.17) is 10.3 Å². The predicted molar refractivity (Wildman–Crippen MR) is 65.4 cm³/mol. The lowest BCUT2D eigenvalue weighted by Crippen LogP contribution is -2.48. The Labute approximate surface area is 102 Å². The molecule has 0 radical (unpaired) electrons. The number of piperidine rings is 1. The second kappa shape index (κ2) is 5.60. The van der Waals surface area contributed by atoms with Crippen molar-refractivity contribution in [2.45, 2.75) is 58.2 Å². The molecule has 1 aliphatic rings. The third kappa shape index (κ3) is 2.84. The number of hydrogen-bond acceptors (Lipinski definition) is 5. The van der Waals surface area contributed by atoms with Crippen LogP contribution in [0.15, 0.2) is 4.52 Å². The summed E-state index contributed by atoms with van der Waals surface area (Å²) in [6.07, 6.45) is 4.49. The molecule has 2 N–H and O–H groups in total. The van der Waals surface area contributed by atoms with Crippen molar-refractivity contribution < 1.29 is 4.52 Å². The molecule has 0 aliphatic carbocycles. The molecule has 1 aromatic heterocycles. The van der Waals surface area contributed by atoms with Gasteiger partial charge in [-0.1, -0.05) is 18.5 Å².